The number of aromatic nitrogens is 1. The second kappa shape index (κ2) is 10.3. The van der Waals surface area contributed by atoms with Gasteiger partial charge in [0.05, 0.1) is 10.6 Å². The van der Waals surface area contributed by atoms with Crippen molar-refractivity contribution in [1.29, 1.82) is 0 Å². The van der Waals surface area contributed by atoms with Gasteiger partial charge in [-0.1, -0.05) is 20.3 Å². The van der Waals surface area contributed by atoms with Crippen LogP contribution in [0.15, 0.2) is 52.7 Å². The van der Waals surface area contributed by atoms with E-state index >= 15 is 0 Å². The summed E-state index contributed by atoms with van der Waals surface area (Å²) >= 11 is 1.14. The van der Waals surface area contributed by atoms with Gasteiger partial charge in [-0.3, -0.25) is 10.1 Å². The van der Waals surface area contributed by atoms with E-state index in [1.165, 1.54) is 34.6 Å². The SMILES string of the molecule is CCCCN(CC)S(=O)(=O)c1ccc(C(=O)Nc2nc(-c3ccc(F)c(F)c3)cs2)cc1. The molecule has 0 spiro atoms. The number of hydrogen-bond acceptors (Lipinski definition) is 5. The van der Waals surface area contributed by atoms with Gasteiger partial charge in [-0.15, -0.1) is 11.3 Å². The maximum atomic E-state index is 13.4. The molecular formula is C22H23F2N3O3S2. The third kappa shape index (κ3) is 5.37. The molecule has 0 aliphatic rings. The van der Waals surface area contributed by atoms with Crippen LogP contribution in [0.25, 0.3) is 11.3 Å². The summed E-state index contributed by atoms with van der Waals surface area (Å²) in [5.74, 6) is -2.39. The zero-order chi connectivity index (χ0) is 23.3. The van der Waals surface area contributed by atoms with Crippen LogP contribution >= 0.6 is 11.3 Å². The van der Waals surface area contributed by atoms with Gasteiger partial charge in [-0.25, -0.2) is 22.2 Å². The maximum absolute atomic E-state index is 13.4. The Morgan fingerprint density at radius 2 is 1.81 bits per heavy atom. The van der Waals surface area contributed by atoms with Crippen LogP contribution in [0.1, 0.15) is 37.0 Å². The van der Waals surface area contributed by atoms with Gasteiger partial charge in [0.1, 0.15) is 0 Å². The lowest BCUT2D eigenvalue weighted by atomic mass is 10.2. The van der Waals surface area contributed by atoms with E-state index in [9.17, 15) is 22.0 Å². The van der Waals surface area contributed by atoms with Crippen molar-refractivity contribution in [3.05, 3.63) is 65.0 Å². The number of thiazole rings is 1. The number of amides is 1. The van der Waals surface area contributed by atoms with E-state index in [4.69, 9.17) is 0 Å². The van der Waals surface area contributed by atoms with E-state index < -0.39 is 27.6 Å². The molecule has 32 heavy (non-hydrogen) atoms. The van der Waals surface area contributed by atoms with Crippen LogP contribution in [0.2, 0.25) is 0 Å². The van der Waals surface area contributed by atoms with Gasteiger partial charge in [0.2, 0.25) is 10.0 Å². The summed E-state index contributed by atoms with van der Waals surface area (Å²) in [5, 5.41) is 4.53. The molecule has 1 heterocycles. The van der Waals surface area contributed by atoms with E-state index in [2.05, 4.69) is 10.3 Å². The molecule has 0 aliphatic carbocycles. The fourth-order valence-corrected chi connectivity index (χ4v) is 5.20. The first-order chi connectivity index (χ1) is 15.3. The van der Waals surface area contributed by atoms with Gasteiger partial charge in [0.25, 0.3) is 5.91 Å². The number of carbonyl (C=O) groups excluding carboxylic acids is 1. The average Bonchev–Trinajstić information content (AvgIpc) is 3.24. The minimum Gasteiger partial charge on any atom is -0.298 e. The first-order valence-electron chi connectivity index (χ1n) is 10.1. The van der Waals surface area contributed by atoms with Crippen molar-refractivity contribution >= 4 is 32.4 Å². The lowest BCUT2D eigenvalue weighted by Crippen LogP contribution is -2.31. The Kier molecular flexibility index (Phi) is 7.70. The second-order valence-electron chi connectivity index (χ2n) is 7.00. The summed E-state index contributed by atoms with van der Waals surface area (Å²) in [7, 11) is -3.62. The van der Waals surface area contributed by atoms with E-state index in [0.29, 0.717) is 24.3 Å². The number of anilines is 1. The molecule has 2 aromatic carbocycles. The molecule has 0 fully saturated rings. The number of hydrogen-bond donors (Lipinski definition) is 1. The van der Waals surface area contributed by atoms with E-state index in [0.717, 1.165) is 36.3 Å². The number of halogens is 2. The molecule has 1 amide bonds. The van der Waals surface area contributed by atoms with Crippen molar-refractivity contribution < 1.29 is 22.0 Å². The minimum atomic E-state index is -3.62. The van der Waals surface area contributed by atoms with Crippen molar-refractivity contribution in [3.8, 4) is 11.3 Å². The first kappa shape index (κ1) is 24.0. The molecule has 3 rings (SSSR count). The van der Waals surface area contributed by atoms with Crippen LogP contribution in [0.3, 0.4) is 0 Å². The minimum absolute atomic E-state index is 0.127. The van der Waals surface area contributed by atoms with Gasteiger partial charge in [0.15, 0.2) is 16.8 Å². The molecule has 0 unspecified atom stereocenters. The Morgan fingerprint density at radius 3 is 2.44 bits per heavy atom. The predicted octanol–water partition coefficient (Wildman–Crippen LogP) is 5.15. The summed E-state index contributed by atoms with van der Waals surface area (Å²) < 4.78 is 53.5. The van der Waals surface area contributed by atoms with Crippen molar-refractivity contribution in [3.63, 3.8) is 0 Å². The van der Waals surface area contributed by atoms with Crippen molar-refractivity contribution in [2.45, 2.75) is 31.6 Å². The lowest BCUT2D eigenvalue weighted by Gasteiger charge is -2.20. The van der Waals surface area contributed by atoms with Crippen molar-refractivity contribution in [1.82, 2.24) is 9.29 Å². The summed E-state index contributed by atoms with van der Waals surface area (Å²) in [5.41, 5.74) is 1.06. The zero-order valence-electron chi connectivity index (χ0n) is 17.6. The standard InChI is InChI=1S/C22H23F2N3O3S2/c1-3-5-12-27(4-2)32(29,30)17-9-6-15(7-10-17)21(28)26-22-25-20(14-31-22)16-8-11-18(23)19(24)13-16/h6-11,13-14H,3-5,12H2,1-2H3,(H,25,26,28). The van der Waals surface area contributed by atoms with Crippen LogP contribution in [-0.4, -0.2) is 36.7 Å². The van der Waals surface area contributed by atoms with E-state index in [1.54, 1.807) is 12.3 Å². The largest absolute Gasteiger partial charge is 0.298 e. The van der Waals surface area contributed by atoms with Crippen molar-refractivity contribution in [2.24, 2.45) is 0 Å². The van der Waals surface area contributed by atoms with Gasteiger partial charge >= 0.3 is 0 Å². The van der Waals surface area contributed by atoms with Gasteiger partial charge < -0.3 is 0 Å². The van der Waals surface area contributed by atoms with Crippen LogP contribution in [0, 0.1) is 11.6 Å². The summed E-state index contributed by atoms with van der Waals surface area (Å²) in [4.78, 5) is 16.9. The van der Waals surface area contributed by atoms with Crippen LogP contribution < -0.4 is 5.32 Å². The normalized spacial score (nSPS) is 11.7. The fraction of sp³-hybridized carbons (Fsp3) is 0.273. The molecule has 0 aliphatic heterocycles. The highest BCUT2D eigenvalue weighted by atomic mass is 32.2. The molecule has 0 atom stereocenters. The topological polar surface area (TPSA) is 79.4 Å². The monoisotopic (exact) mass is 479 g/mol. The number of nitrogens with zero attached hydrogens (tertiary/aromatic N) is 2. The molecule has 0 radical (unpaired) electrons. The third-order valence-corrected chi connectivity index (χ3v) is 7.55. The van der Waals surface area contributed by atoms with E-state index in [1.807, 2.05) is 6.92 Å². The van der Waals surface area contributed by atoms with Crippen LogP contribution in [-0.2, 0) is 10.0 Å². The smallest absolute Gasteiger partial charge is 0.257 e. The number of benzene rings is 2. The molecule has 10 heteroatoms. The summed E-state index contributed by atoms with van der Waals surface area (Å²) in [6.45, 7) is 4.60. The molecule has 170 valence electrons. The second-order valence-corrected chi connectivity index (χ2v) is 9.79. The Labute approximate surface area is 190 Å². The fourth-order valence-electron chi connectivity index (χ4n) is 3.00. The number of unbranched alkanes of at least 4 members (excludes halogenated alkanes) is 1. The molecule has 6 nitrogen and oxygen atoms in total. The van der Waals surface area contributed by atoms with Gasteiger partial charge in [-0.2, -0.15) is 4.31 Å². The van der Waals surface area contributed by atoms with Crippen LogP contribution in [0.5, 0.6) is 0 Å². The van der Waals surface area contributed by atoms with Crippen molar-refractivity contribution in [2.75, 3.05) is 18.4 Å². The highest BCUT2D eigenvalue weighted by molar-refractivity contribution is 7.89. The number of sulfonamides is 1. The molecule has 0 saturated heterocycles. The zero-order valence-corrected chi connectivity index (χ0v) is 19.3. The average molecular weight is 480 g/mol. The third-order valence-electron chi connectivity index (χ3n) is 4.81. The number of carbonyl (C=O) groups is 1. The Hall–Kier alpha value is -2.69. The predicted molar refractivity (Wildman–Crippen MR) is 121 cm³/mol. The molecule has 3 aromatic rings. The molecule has 0 bridgehead atoms. The Bertz CT molecular complexity index is 1200. The quantitative estimate of drug-likeness (QED) is 0.460. The van der Waals surface area contributed by atoms with Gasteiger partial charge in [-0.05, 0) is 48.9 Å². The molecule has 1 aromatic heterocycles. The molecule has 1 N–H and O–H groups in total. The van der Waals surface area contributed by atoms with E-state index in [-0.39, 0.29) is 15.6 Å². The maximum Gasteiger partial charge on any atom is 0.257 e. The number of rotatable bonds is 9. The number of nitrogens with one attached hydrogen (secondary N) is 1. The lowest BCUT2D eigenvalue weighted by molar-refractivity contribution is 0.102. The summed E-state index contributed by atoms with van der Waals surface area (Å²) in [6, 6.07) is 9.16. The highest BCUT2D eigenvalue weighted by Gasteiger charge is 2.23. The highest BCUT2D eigenvalue weighted by Crippen LogP contribution is 2.26. The summed E-state index contributed by atoms with van der Waals surface area (Å²) in [6.07, 6.45) is 1.66. The van der Waals surface area contributed by atoms with Crippen LogP contribution in [0.4, 0.5) is 13.9 Å². The Balaban J connectivity index is 1.71. The van der Waals surface area contributed by atoms with Gasteiger partial charge in [0, 0.05) is 29.6 Å². The Morgan fingerprint density at radius 1 is 1.09 bits per heavy atom. The molecular weight excluding hydrogens is 456 g/mol. The molecule has 0 saturated carbocycles. The first-order valence-corrected chi connectivity index (χ1v) is 12.4.